The van der Waals surface area contributed by atoms with Gasteiger partial charge < -0.3 is 4.74 Å². The molecule has 0 aromatic heterocycles. The molecule has 0 N–H and O–H groups in total. The van der Waals surface area contributed by atoms with Gasteiger partial charge in [-0.1, -0.05) is 30.4 Å². The standard InChI is InChI=1S/C13H14O4/c14-11-6-4-2-1-3-5-7-12(15)10-17-13(16)9-8-11/h1-5,7H,6,8-10H2. The van der Waals surface area contributed by atoms with Crippen molar-refractivity contribution in [1.82, 2.24) is 0 Å². The van der Waals surface area contributed by atoms with Gasteiger partial charge in [0.2, 0.25) is 0 Å². The highest BCUT2D eigenvalue weighted by Crippen LogP contribution is 2.00. The maximum atomic E-state index is 11.3. The van der Waals surface area contributed by atoms with E-state index in [9.17, 15) is 14.4 Å². The highest BCUT2D eigenvalue weighted by atomic mass is 16.5. The van der Waals surface area contributed by atoms with E-state index in [1.807, 2.05) is 0 Å². The lowest BCUT2D eigenvalue weighted by atomic mass is 10.1. The van der Waals surface area contributed by atoms with Crippen LogP contribution in [0.5, 0.6) is 0 Å². The third-order valence-corrected chi connectivity index (χ3v) is 2.08. The summed E-state index contributed by atoms with van der Waals surface area (Å²) in [7, 11) is 0. The van der Waals surface area contributed by atoms with Crippen molar-refractivity contribution in [3.63, 3.8) is 0 Å². The number of Topliss-reactive ketones (excluding diaryl/α,β-unsaturated/α-hetero) is 1. The Morgan fingerprint density at radius 3 is 2.53 bits per heavy atom. The summed E-state index contributed by atoms with van der Waals surface area (Å²) < 4.78 is 4.71. The van der Waals surface area contributed by atoms with Crippen LogP contribution < -0.4 is 0 Å². The summed E-state index contributed by atoms with van der Waals surface area (Å²) in [6.45, 7) is -0.271. The van der Waals surface area contributed by atoms with Crippen LogP contribution in [0.25, 0.3) is 0 Å². The highest BCUT2D eigenvalue weighted by molar-refractivity contribution is 5.92. The van der Waals surface area contributed by atoms with E-state index in [0.717, 1.165) is 0 Å². The molecule has 0 spiro atoms. The molecule has 0 fully saturated rings. The van der Waals surface area contributed by atoms with E-state index in [4.69, 9.17) is 4.74 Å². The number of ketones is 2. The average molecular weight is 234 g/mol. The van der Waals surface area contributed by atoms with Crippen molar-refractivity contribution in [2.45, 2.75) is 19.3 Å². The van der Waals surface area contributed by atoms with Crippen LogP contribution in [0.4, 0.5) is 0 Å². The summed E-state index contributed by atoms with van der Waals surface area (Å²) in [5.74, 6) is -0.822. The number of ether oxygens (including phenoxy) is 1. The molecule has 0 unspecified atom stereocenters. The van der Waals surface area contributed by atoms with Crippen LogP contribution in [0.2, 0.25) is 0 Å². The van der Waals surface area contributed by atoms with Gasteiger partial charge in [-0.15, -0.1) is 0 Å². The monoisotopic (exact) mass is 234 g/mol. The van der Waals surface area contributed by atoms with Gasteiger partial charge in [0.1, 0.15) is 5.78 Å². The zero-order valence-corrected chi connectivity index (χ0v) is 9.43. The third-order valence-electron chi connectivity index (χ3n) is 2.08. The molecule has 0 aromatic carbocycles. The zero-order valence-electron chi connectivity index (χ0n) is 9.43. The Morgan fingerprint density at radius 1 is 0.941 bits per heavy atom. The Hall–Kier alpha value is -1.97. The number of allylic oxidation sites excluding steroid dienone is 5. The van der Waals surface area contributed by atoms with Gasteiger partial charge in [0.15, 0.2) is 12.4 Å². The van der Waals surface area contributed by atoms with Gasteiger partial charge in [0.25, 0.3) is 0 Å². The number of cyclic esters (lactones) is 1. The van der Waals surface area contributed by atoms with Gasteiger partial charge >= 0.3 is 5.97 Å². The Kier molecular flexibility index (Phi) is 5.64. The Labute approximate surface area is 99.6 Å². The number of carbonyl (C=O) groups is 3. The molecule has 0 saturated heterocycles. The molecule has 0 aliphatic carbocycles. The van der Waals surface area contributed by atoms with E-state index in [1.165, 1.54) is 6.08 Å². The molecule has 0 radical (unpaired) electrons. The van der Waals surface area contributed by atoms with Crippen LogP contribution in [-0.2, 0) is 19.1 Å². The van der Waals surface area contributed by atoms with Crippen LogP contribution in [0.15, 0.2) is 36.5 Å². The third kappa shape index (κ3) is 6.25. The van der Waals surface area contributed by atoms with Crippen LogP contribution in [0.3, 0.4) is 0 Å². The summed E-state index contributed by atoms with van der Waals surface area (Å²) in [6, 6.07) is 0. The number of hydrogen-bond donors (Lipinski definition) is 0. The second-order valence-corrected chi connectivity index (χ2v) is 3.54. The van der Waals surface area contributed by atoms with E-state index >= 15 is 0 Å². The minimum absolute atomic E-state index is 0.0227. The zero-order chi connectivity index (χ0) is 12.5. The number of carbonyl (C=O) groups excluding carboxylic acids is 3. The number of esters is 1. The first-order chi connectivity index (χ1) is 8.18. The normalized spacial score (nSPS) is 18.9. The molecule has 1 aliphatic rings. The lowest BCUT2D eigenvalue weighted by molar-refractivity contribution is -0.147. The van der Waals surface area contributed by atoms with Crippen LogP contribution in [0, 0.1) is 0 Å². The molecule has 0 amide bonds. The smallest absolute Gasteiger partial charge is 0.306 e. The molecule has 1 rings (SSSR count). The Bertz CT molecular complexity index is 388. The Morgan fingerprint density at radius 2 is 1.71 bits per heavy atom. The van der Waals surface area contributed by atoms with Crippen LogP contribution in [0.1, 0.15) is 19.3 Å². The molecule has 4 nitrogen and oxygen atoms in total. The fourth-order valence-electron chi connectivity index (χ4n) is 1.18. The highest BCUT2D eigenvalue weighted by Gasteiger charge is 2.08. The van der Waals surface area contributed by atoms with Crippen molar-refractivity contribution in [2.75, 3.05) is 6.61 Å². The van der Waals surface area contributed by atoms with Gasteiger partial charge in [-0.2, -0.15) is 0 Å². The maximum absolute atomic E-state index is 11.3. The fraction of sp³-hybridized carbons (Fsp3) is 0.308. The molecule has 0 aromatic rings. The predicted molar refractivity (Wildman–Crippen MR) is 62.2 cm³/mol. The van der Waals surface area contributed by atoms with E-state index in [-0.39, 0.29) is 31.0 Å². The van der Waals surface area contributed by atoms with Crippen molar-refractivity contribution < 1.29 is 19.1 Å². The largest absolute Gasteiger partial charge is 0.457 e. The van der Waals surface area contributed by atoms with E-state index in [2.05, 4.69) is 0 Å². The van der Waals surface area contributed by atoms with E-state index < -0.39 is 5.97 Å². The summed E-state index contributed by atoms with van der Waals surface area (Å²) >= 11 is 0. The molecule has 0 atom stereocenters. The van der Waals surface area contributed by atoms with Crippen molar-refractivity contribution in [2.24, 2.45) is 0 Å². The van der Waals surface area contributed by atoms with Crippen molar-refractivity contribution in [1.29, 1.82) is 0 Å². The fourth-order valence-corrected chi connectivity index (χ4v) is 1.18. The molecule has 1 heterocycles. The van der Waals surface area contributed by atoms with Gasteiger partial charge in [0.05, 0.1) is 6.42 Å². The van der Waals surface area contributed by atoms with Crippen LogP contribution >= 0.6 is 0 Å². The molecule has 1 aliphatic heterocycles. The van der Waals surface area contributed by atoms with Gasteiger partial charge in [-0.3, -0.25) is 14.4 Å². The molecule has 90 valence electrons. The molecule has 4 heteroatoms. The van der Waals surface area contributed by atoms with Gasteiger partial charge in [-0.05, 0) is 6.08 Å². The predicted octanol–water partition coefficient (Wildman–Crippen LogP) is 1.52. The molecule has 0 bridgehead atoms. The number of hydrogen-bond acceptors (Lipinski definition) is 4. The minimum Gasteiger partial charge on any atom is -0.457 e. The second kappa shape index (κ2) is 7.33. The van der Waals surface area contributed by atoms with E-state index in [1.54, 1.807) is 30.4 Å². The topological polar surface area (TPSA) is 60.4 Å². The quantitative estimate of drug-likeness (QED) is 0.596. The number of rotatable bonds is 0. The minimum atomic E-state index is -0.517. The summed E-state index contributed by atoms with van der Waals surface area (Å²) in [5.41, 5.74) is 0. The van der Waals surface area contributed by atoms with E-state index in [0.29, 0.717) is 6.42 Å². The average Bonchev–Trinajstić information content (AvgIpc) is 2.31. The lowest BCUT2D eigenvalue weighted by Gasteiger charge is -2.01. The van der Waals surface area contributed by atoms with Crippen LogP contribution in [-0.4, -0.2) is 24.1 Å². The van der Waals surface area contributed by atoms with Crippen molar-refractivity contribution >= 4 is 17.5 Å². The summed E-state index contributed by atoms with van der Waals surface area (Å²) in [6.07, 6.45) is 10.2. The molecular formula is C13H14O4. The van der Waals surface area contributed by atoms with Crippen molar-refractivity contribution in [3.05, 3.63) is 36.5 Å². The second-order valence-electron chi connectivity index (χ2n) is 3.54. The Balaban J connectivity index is 2.63. The molecule has 17 heavy (non-hydrogen) atoms. The van der Waals surface area contributed by atoms with Crippen molar-refractivity contribution in [3.8, 4) is 0 Å². The first kappa shape index (κ1) is 13.1. The molecular weight excluding hydrogens is 220 g/mol. The summed E-state index contributed by atoms with van der Waals surface area (Å²) in [5, 5.41) is 0. The first-order valence-electron chi connectivity index (χ1n) is 5.38. The van der Waals surface area contributed by atoms with Gasteiger partial charge in [-0.25, -0.2) is 0 Å². The molecule has 0 saturated carbocycles. The maximum Gasteiger partial charge on any atom is 0.306 e. The van der Waals surface area contributed by atoms with Gasteiger partial charge in [0, 0.05) is 12.8 Å². The lowest BCUT2D eigenvalue weighted by Crippen LogP contribution is -2.13. The first-order valence-corrected chi connectivity index (χ1v) is 5.38. The SMILES string of the molecule is O=C1C=CC=CC=CCC(=O)CCC(=O)OC1. The summed E-state index contributed by atoms with van der Waals surface area (Å²) in [4.78, 5) is 33.6.